The lowest BCUT2D eigenvalue weighted by Gasteiger charge is -2.36. The minimum absolute atomic E-state index is 0.0436. The van der Waals surface area contributed by atoms with Gasteiger partial charge in [-0.25, -0.2) is 22.0 Å². The number of benzene rings is 3. The van der Waals surface area contributed by atoms with E-state index in [0.717, 1.165) is 38.5 Å². The lowest BCUT2D eigenvalue weighted by molar-refractivity contribution is 0.218. The summed E-state index contributed by atoms with van der Waals surface area (Å²) >= 11 is 0. The Kier molecular flexibility index (Phi) is 9.34. The average Bonchev–Trinajstić information content (AvgIpc) is 3.00. The number of hydrogen-bond donors (Lipinski definition) is 0. The molecule has 7 heteroatoms. The number of aryl methyl sites for hydroxylation is 1. The molecule has 1 nitrogen and oxygen atoms in total. The smallest absolute Gasteiger partial charge is 0.200 e. The molecule has 0 aliphatic heterocycles. The van der Waals surface area contributed by atoms with Crippen LogP contribution in [-0.4, -0.2) is 6.61 Å². The van der Waals surface area contributed by atoms with Crippen LogP contribution in [0.1, 0.15) is 87.8 Å². The standard InChI is InChI=1S/C35H36F6O/c1-3-5-24-14-15-27(33(39)30(24)36)28-17-16-25(31(37)34(28)40)22-10-6-20(7-11-22)21-8-12-23(13-9-21)26-18-19-29(42-4-2)35(41)32(26)38/h10,14-21,23H,3-9,11-13H2,1-2H3. The van der Waals surface area contributed by atoms with Crippen molar-refractivity contribution >= 4 is 5.57 Å². The van der Waals surface area contributed by atoms with Crippen molar-refractivity contribution < 1.29 is 31.1 Å². The highest BCUT2D eigenvalue weighted by molar-refractivity contribution is 5.72. The monoisotopic (exact) mass is 586 g/mol. The predicted molar refractivity (Wildman–Crippen MR) is 153 cm³/mol. The van der Waals surface area contributed by atoms with E-state index < -0.39 is 34.9 Å². The van der Waals surface area contributed by atoms with E-state index in [1.807, 2.05) is 13.0 Å². The summed E-state index contributed by atoms with van der Waals surface area (Å²) < 4.78 is 93.9. The number of halogens is 6. The minimum atomic E-state index is -1.19. The van der Waals surface area contributed by atoms with Gasteiger partial charge in [0.2, 0.25) is 5.82 Å². The predicted octanol–water partition coefficient (Wildman–Crippen LogP) is 10.7. The summed E-state index contributed by atoms with van der Waals surface area (Å²) in [5.74, 6) is -5.50. The molecule has 0 radical (unpaired) electrons. The third kappa shape index (κ3) is 5.84. The van der Waals surface area contributed by atoms with Crippen LogP contribution < -0.4 is 4.74 Å². The van der Waals surface area contributed by atoms with Gasteiger partial charge < -0.3 is 4.74 Å². The van der Waals surface area contributed by atoms with Gasteiger partial charge in [-0.3, -0.25) is 0 Å². The van der Waals surface area contributed by atoms with E-state index in [1.165, 1.54) is 30.3 Å². The van der Waals surface area contributed by atoms with Crippen molar-refractivity contribution in [1.82, 2.24) is 0 Å². The van der Waals surface area contributed by atoms with E-state index in [1.54, 1.807) is 13.0 Å². The summed E-state index contributed by atoms with van der Waals surface area (Å²) in [5, 5.41) is 0. The van der Waals surface area contributed by atoms with E-state index in [2.05, 4.69) is 0 Å². The maximum absolute atomic E-state index is 15.3. The Morgan fingerprint density at radius 1 is 0.643 bits per heavy atom. The molecule has 2 aliphatic carbocycles. The molecule has 3 aromatic carbocycles. The second-order valence-corrected chi connectivity index (χ2v) is 11.5. The Balaban J connectivity index is 1.25. The lowest BCUT2D eigenvalue weighted by Crippen LogP contribution is -2.23. The molecule has 0 N–H and O–H groups in total. The van der Waals surface area contributed by atoms with Gasteiger partial charge in [-0.1, -0.05) is 49.8 Å². The highest BCUT2D eigenvalue weighted by atomic mass is 19.2. The largest absolute Gasteiger partial charge is 0.491 e. The summed E-state index contributed by atoms with van der Waals surface area (Å²) in [4.78, 5) is 0. The first kappa shape index (κ1) is 30.2. The van der Waals surface area contributed by atoms with Crippen LogP contribution in [0.25, 0.3) is 16.7 Å². The van der Waals surface area contributed by atoms with Gasteiger partial charge in [0.1, 0.15) is 0 Å². The fourth-order valence-electron chi connectivity index (χ4n) is 6.82. The van der Waals surface area contributed by atoms with Gasteiger partial charge in [0.05, 0.1) is 6.61 Å². The van der Waals surface area contributed by atoms with Crippen LogP contribution in [0.15, 0.2) is 42.5 Å². The van der Waals surface area contributed by atoms with Crippen LogP contribution in [-0.2, 0) is 6.42 Å². The van der Waals surface area contributed by atoms with Crippen molar-refractivity contribution in [1.29, 1.82) is 0 Å². The van der Waals surface area contributed by atoms with Gasteiger partial charge in [-0.2, -0.15) is 4.39 Å². The number of hydrogen-bond acceptors (Lipinski definition) is 1. The molecule has 0 aromatic heterocycles. The third-order valence-corrected chi connectivity index (χ3v) is 9.11. The minimum Gasteiger partial charge on any atom is -0.491 e. The Hall–Kier alpha value is -3.22. The molecule has 224 valence electrons. The molecule has 1 atom stereocenters. The normalized spacial score (nSPS) is 20.9. The molecule has 5 rings (SSSR count). The maximum atomic E-state index is 15.3. The van der Waals surface area contributed by atoms with Crippen molar-refractivity contribution in [2.45, 2.75) is 77.6 Å². The van der Waals surface area contributed by atoms with E-state index in [9.17, 15) is 17.6 Å². The molecular formula is C35H36F6O. The van der Waals surface area contributed by atoms with E-state index in [-0.39, 0.29) is 40.5 Å². The average molecular weight is 587 g/mol. The molecular weight excluding hydrogens is 550 g/mol. The quantitative estimate of drug-likeness (QED) is 0.239. The number of rotatable bonds is 8. The number of allylic oxidation sites excluding steroid dienone is 2. The Morgan fingerprint density at radius 3 is 1.93 bits per heavy atom. The second kappa shape index (κ2) is 13.0. The second-order valence-electron chi connectivity index (χ2n) is 11.5. The van der Waals surface area contributed by atoms with Crippen LogP contribution in [0.3, 0.4) is 0 Å². The summed E-state index contributed by atoms with van der Waals surface area (Å²) in [5.41, 5.74) is 0.876. The number of ether oxygens (including phenoxy) is 1. The molecule has 0 bridgehead atoms. The lowest BCUT2D eigenvalue weighted by atomic mass is 9.70. The van der Waals surface area contributed by atoms with Crippen LogP contribution in [0.4, 0.5) is 26.3 Å². The molecule has 3 aromatic rings. The highest BCUT2D eigenvalue weighted by Gasteiger charge is 2.32. The first-order valence-electron chi connectivity index (χ1n) is 15.0. The van der Waals surface area contributed by atoms with Gasteiger partial charge in [0.25, 0.3) is 0 Å². The van der Waals surface area contributed by atoms with Crippen LogP contribution in [0.5, 0.6) is 5.75 Å². The Morgan fingerprint density at radius 2 is 1.29 bits per heavy atom. The van der Waals surface area contributed by atoms with Gasteiger partial charge in [-0.15, -0.1) is 0 Å². The van der Waals surface area contributed by atoms with Crippen molar-refractivity contribution in [2.24, 2.45) is 11.8 Å². The van der Waals surface area contributed by atoms with Crippen molar-refractivity contribution in [3.05, 3.63) is 94.1 Å². The zero-order valence-electron chi connectivity index (χ0n) is 24.0. The topological polar surface area (TPSA) is 9.23 Å². The first-order valence-corrected chi connectivity index (χ1v) is 15.0. The summed E-state index contributed by atoms with van der Waals surface area (Å²) in [6.07, 6.45) is 8.37. The Labute approximate surface area is 243 Å². The van der Waals surface area contributed by atoms with E-state index in [0.29, 0.717) is 42.2 Å². The zero-order chi connectivity index (χ0) is 30.0. The van der Waals surface area contributed by atoms with Crippen molar-refractivity contribution in [3.63, 3.8) is 0 Å². The summed E-state index contributed by atoms with van der Waals surface area (Å²) in [6.45, 7) is 3.84. The van der Waals surface area contributed by atoms with Gasteiger partial charge >= 0.3 is 0 Å². The molecule has 0 amide bonds. The van der Waals surface area contributed by atoms with Gasteiger partial charge in [0.15, 0.2) is 34.8 Å². The summed E-state index contributed by atoms with van der Waals surface area (Å²) in [7, 11) is 0. The Bertz CT molecular complexity index is 1470. The molecule has 1 unspecified atom stereocenters. The fourth-order valence-corrected chi connectivity index (χ4v) is 6.82. The fraction of sp³-hybridized carbons (Fsp3) is 0.429. The maximum Gasteiger partial charge on any atom is 0.200 e. The molecule has 42 heavy (non-hydrogen) atoms. The van der Waals surface area contributed by atoms with E-state index in [4.69, 9.17) is 4.74 Å². The molecule has 0 spiro atoms. The first-order chi connectivity index (χ1) is 20.2. The van der Waals surface area contributed by atoms with Crippen LogP contribution >= 0.6 is 0 Å². The van der Waals surface area contributed by atoms with Gasteiger partial charge in [0, 0.05) is 16.7 Å². The summed E-state index contributed by atoms with van der Waals surface area (Å²) in [6, 6.07) is 8.64. The molecule has 0 heterocycles. The van der Waals surface area contributed by atoms with Crippen LogP contribution in [0.2, 0.25) is 0 Å². The highest BCUT2D eigenvalue weighted by Crippen LogP contribution is 2.45. The molecule has 0 saturated heterocycles. The zero-order valence-corrected chi connectivity index (χ0v) is 24.0. The van der Waals surface area contributed by atoms with Gasteiger partial charge in [-0.05, 0) is 98.8 Å². The van der Waals surface area contributed by atoms with Crippen molar-refractivity contribution in [3.8, 4) is 16.9 Å². The molecule has 2 aliphatic rings. The van der Waals surface area contributed by atoms with E-state index >= 15 is 8.78 Å². The van der Waals surface area contributed by atoms with Crippen LogP contribution in [0, 0.1) is 46.7 Å². The molecule has 1 saturated carbocycles. The van der Waals surface area contributed by atoms with Crippen molar-refractivity contribution in [2.75, 3.05) is 6.61 Å². The SMILES string of the molecule is CCCc1ccc(-c2ccc(C3=CCC(C4CCC(c5ccc(OCC)c(F)c5F)CC4)CC3)c(F)c2F)c(F)c1F. The molecule has 1 fully saturated rings. The third-order valence-electron chi connectivity index (χ3n) is 9.11.